The topological polar surface area (TPSA) is 57.4 Å². The van der Waals surface area contributed by atoms with E-state index in [4.69, 9.17) is 0 Å². The molecule has 13 rings (SSSR count). The summed E-state index contributed by atoms with van der Waals surface area (Å²) in [6.07, 6.45) is -4.68. The monoisotopic (exact) mass is 1090 g/mol. The van der Waals surface area contributed by atoms with E-state index in [1.165, 1.54) is 50.6 Å². The second-order valence-corrected chi connectivity index (χ2v) is 23.0. The smallest absolute Gasteiger partial charge is 0.309 e. The Bertz CT molecular complexity index is 4710. The van der Waals surface area contributed by atoms with Crippen molar-refractivity contribution < 1.29 is 13.2 Å². The minimum absolute atomic E-state index is 0.124. The highest BCUT2D eigenvalue weighted by Crippen LogP contribution is 2.46. The predicted octanol–water partition coefficient (Wildman–Crippen LogP) is 21.1. The van der Waals surface area contributed by atoms with Gasteiger partial charge in [-0.25, -0.2) is 0 Å². The van der Waals surface area contributed by atoms with Gasteiger partial charge in [-0.05, 0) is 202 Å². The third-order valence-electron chi connectivity index (χ3n) is 16.4. The Hall–Kier alpha value is -10.2. The zero-order chi connectivity index (χ0) is 58.5. The Labute approximate surface area is 487 Å². The average molecular weight is 1100 g/mol. The third kappa shape index (κ3) is 9.48. The van der Waals surface area contributed by atoms with Crippen LogP contribution >= 0.6 is 0 Å². The third-order valence-corrected chi connectivity index (χ3v) is 16.4. The molecule has 0 amide bonds. The lowest BCUT2D eigenvalue weighted by molar-refractivity contribution is -0.137. The number of alkyl halides is 3. The first kappa shape index (κ1) is 53.1. The van der Waals surface area contributed by atoms with Crippen LogP contribution in [0.3, 0.4) is 0 Å². The van der Waals surface area contributed by atoms with E-state index in [1.807, 2.05) is 30.3 Å². The van der Waals surface area contributed by atoms with Crippen LogP contribution in [0.2, 0.25) is 0 Å². The van der Waals surface area contributed by atoms with Crippen molar-refractivity contribution in [3.8, 4) is 90.3 Å². The van der Waals surface area contributed by atoms with Gasteiger partial charge >= 0.3 is 6.18 Å². The van der Waals surface area contributed by atoms with Crippen molar-refractivity contribution in [3.05, 3.63) is 261 Å². The number of hydrogen-bond acceptors (Lipinski definition) is 2. The van der Waals surface area contributed by atoms with Gasteiger partial charge in [-0.3, -0.25) is 0 Å². The van der Waals surface area contributed by atoms with Crippen LogP contribution in [-0.4, -0.2) is 9.13 Å². The summed E-state index contributed by atoms with van der Waals surface area (Å²) >= 11 is 0. The quantitative estimate of drug-likeness (QED) is 0.152. The van der Waals surface area contributed by atoms with Gasteiger partial charge in [0.15, 0.2) is 0 Å². The van der Waals surface area contributed by atoms with Gasteiger partial charge < -0.3 is 9.13 Å². The first-order valence-corrected chi connectivity index (χ1v) is 28.2. The van der Waals surface area contributed by atoms with Crippen molar-refractivity contribution in [2.24, 2.45) is 0 Å². The van der Waals surface area contributed by atoms with Gasteiger partial charge in [-0.15, -0.1) is 0 Å². The molecule has 84 heavy (non-hydrogen) atoms. The van der Waals surface area contributed by atoms with Crippen molar-refractivity contribution in [1.29, 1.82) is 10.5 Å². The van der Waals surface area contributed by atoms with Gasteiger partial charge in [-0.2, -0.15) is 23.7 Å². The molecule has 2 heterocycles. The molecule has 406 valence electrons. The van der Waals surface area contributed by atoms with E-state index in [2.05, 4.69) is 228 Å². The Balaban J connectivity index is 1.11. The van der Waals surface area contributed by atoms with E-state index < -0.39 is 11.7 Å². The van der Waals surface area contributed by atoms with Crippen LogP contribution in [0.5, 0.6) is 0 Å². The summed E-state index contributed by atoms with van der Waals surface area (Å²) in [4.78, 5) is 0. The normalized spacial score (nSPS) is 11.7. The molecule has 11 aromatic carbocycles. The van der Waals surface area contributed by atoms with E-state index in [0.29, 0.717) is 27.8 Å². The van der Waals surface area contributed by atoms with E-state index in [0.717, 1.165) is 112 Å². The van der Waals surface area contributed by atoms with Crippen molar-refractivity contribution in [1.82, 2.24) is 9.13 Å². The van der Waals surface area contributed by atoms with Crippen LogP contribution < -0.4 is 0 Å². The number of nitriles is 2. The summed E-state index contributed by atoms with van der Waals surface area (Å²) in [5.41, 5.74) is 24.9. The zero-order valence-electron chi connectivity index (χ0n) is 48.0. The highest BCUT2D eigenvalue weighted by molar-refractivity contribution is 6.14. The van der Waals surface area contributed by atoms with Gasteiger partial charge in [0.1, 0.15) is 0 Å². The fourth-order valence-corrected chi connectivity index (χ4v) is 13.1. The molecule has 4 nitrogen and oxygen atoms in total. The Morgan fingerprint density at radius 2 is 0.690 bits per heavy atom. The molecule has 0 spiro atoms. The molecule has 7 heteroatoms. The Kier molecular flexibility index (Phi) is 12.9. The highest BCUT2D eigenvalue weighted by atomic mass is 19.4. The summed E-state index contributed by atoms with van der Waals surface area (Å²) in [6.45, 7) is 16.9. The van der Waals surface area contributed by atoms with Crippen LogP contribution in [-0.2, 0) is 6.18 Å². The first-order valence-electron chi connectivity index (χ1n) is 28.2. The molecule has 0 saturated carbocycles. The molecule has 0 N–H and O–H groups in total. The van der Waals surface area contributed by atoms with E-state index in [9.17, 15) is 23.7 Å². The molecule has 2 aromatic heterocycles. The van der Waals surface area contributed by atoms with Gasteiger partial charge in [0.05, 0.1) is 56.6 Å². The molecule has 0 saturated heterocycles. The molecule has 13 aromatic rings. The van der Waals surface area contributed by atoms with Crippen LogP contribution in [0.25, 0.3) is 122 Å². The molecular weight excluding hydrogens is 1040 g/mol. The maximum atomic E-state index is 14.5. The fraction of sp³-hybridized carbons (Fsp3) is 0.117. The minimum atomic E-state index is -4.68. The number of halogens is 3. The van der Waals surface area contributed by atoms with Crippen LogP contribution in [0.15, 0.2) is 200 Å². The minimum Gasteiger partial charge on any atom is -0.309 e. The molecule has 0 radical (unpaired) electrons. The van der Waals surface area contributed by atoms with Crippen LogP contribution in [0, 0.1) is 78.1 Å². The SMILES string of the molecule is Cc1cc(C)cc(-c2ccc3c(c2)c2cc(-c4cc(C)cc(C)c4)ccc2n3-c2ccc(-c3ccc(C(F)(F)F)cc3C#N)c(-c3cc(C#N)ccc3-n3c4ccc(-c5cc(C)cc(C)c5)cc4c4cc(-c5cc(C)cc(C)c5)ccc43)c2)c1. The average Bonchev–Trinajstić information content (AvgIpc) is 2.04. The van der Waals surface area contributed by atoms with Gasteiger partial charge in [0.2, 0.25) is 0 Å². The number of aryl methyl sites for hydroxylation is 8. The molecule has 0 atom stereocenters. The first-order chi connectivity index (χ1) is 40.4. The maximum Gasteiger partial charge on any atom is 0.416 e. The van der Waals surface area contributed by atoms with Crippen molar-refractivity contribution in [2.45, 2.75) is 61.6 Å². The molecule has 0 unspecified atom stereocenters. The molecule has 0 bridgehead atoms. The molecule has 0 aliphatic heterocycles. The number of rotatable bonds is 8. The Morgan fingerprint density at radius 1 is 0.310 bits per heavy atom. The lowest BCUT2D eigenvalue weighted by Crippen LogP contribution is -2.06. The zero-order valence-corrected chi connectivity index (χ0v) is 48.0. The summed E-state index contributed by atoms with van der Waals surface area (Å²) in [6, 6.07) is 72.4. The summed E-state index contributed by atoms with van der Waals surface area (Å²) in [5.74, 6) is 0. The number of nitrogens with zero attached hydrogens (tertiary/aromatic N) is 4. The van der Waals surface area contributed by atoms with Crippen molar-refractivity contribution in [2.75, 3.05) is 0 Å². The van der Waals surface area contributed by atoms with E-state index in [1.54, 1.807) is 0 Å². The fourth-order valence-electron chi connectivity index (χ4n) is 13.1. The summed E-state index contributed by atoms with van der Waals surface area (Å²) < 4.78 is 47.9. The highest BCUT2D eigenvalue weighted by Gasteiger charge is 2.32. The molecule has 0 aliphatic carbocycles. The van der Waals surface area contributed by atoms with Crippen molar-refractivity contribution >= 4 is 43.6 Å². The van der Waals surface area contributed by atoms with Gasteiger partial charge in [-0.1, -0.05) is 154 Å². The predicted molar refractivity (Wildman–Crippen MR) is 340 cm³/mol. The molecule has 0 fully saturated rings. The summed E-state index contributed by atoms with van der Waals surface area (Å²) in [5, 5.41) is 25.7. The largest absolute Gasteiger partial charge is 0.416 e. The standard InChI is InChI=1S/C77H57F3N4/c1-44-23-45(2)28-57(27-44)53-10-19-72-68(37-53)69-38-54(58-29-46(3)24-47(4)30-58)11-20-73(69)83(72)63-15-17-65(64-16-14-62(77(78,79)80)36-61(64)43-82)66(41-63)67-35-52(42-81)9-18-74(67)84-75-21-12-55(59-31-48(5)25-49(6)32-59)39-70(75)71-40-56(13-22-76(71)84)60-33-50(7)26-51(8)34-60/h9-41H,1-8H3. The second-order valence-electron chi connectivity index (χ2n) is 23.0. The second kappa shape index (κ2) is 20.3. The number of aromatic nitrogens is 2. The van der Waals surface area contributed by atoms with Crippen LogP contribution in [0.1, 0.15) is 61.2 Å². The number of hydrogen-bond donors (Lipinski definition) is 0. The molecule has 0 aliphatic rings. The van der Waals surface area contributed by atoms with Gasteiger partial charge in [0.25, 0.3) is 0 Å². The Morgan fingerprint density at radius 3 is 1.06 bits per heavy atom. The van der Waals surface area contributed by atoms with Crippen LogP contribution in [0.4, 0.5) is 13.2 Å². The number of benzene rings is 11. The molecular formula is C77H57F3N4. The number of fused-ring (bicyclic) bond motifs is 6. The maximum absolute atomic E-state index is 14.5. The lowest BCUT2D eigenvalue weighted by Gasteiger charge is -2.20. The summed E-state index contributed by atoms with van der Waals surface area (Å²) in [7, 11) is 0. The lowest BCUT2D eigenvalue weighted by atomic mass is 9.89. The van der Waals surface area contributed by atoms with Gasteiger partial charge in [0, 0.05) is 38.4 Å². The van der Waals surface area contributed by atoms with E-state index in [-0.39, 0.29) is 5.56 Å². The van der Waals surface area contributed by atoms with Crippen molar-refractivity contribution in [3.63, 3.8) is 0 Å². The van der Waals surface area contributed by atoms with E-state index >= 15 is 0 Å².